The molecule has 1 saturated carbocycles. The second kappa shape index (κ2) is 3.64. The Morgan fingerprint density at radius 2 is 2.46 bits per heavy atom. The second-order valence-corrected chi connectivity index (χ2v) is 3.85. The maximum absolute atomic E-state index is 11.5. The molecule has 74 valence electrons. The number of carbonyl (C=O) groups excluding carboxylic acids is 1. The van der Waals surface area contributed by atoms with Gasteiger partial charge in [-0.3, -0.25) is 4.79 Å². The molecule has 2 fully saturated rings. The average Bonchev–Trinajstić information content (AvgIpc) is 2.68. The molecule has 0 spiro atoms. The van der Waals surface area contributed by atoms with Gasteiger partial charge in [0.15, 0.2) is 0 Å². The van der Waals surface area contributed by atoms with Crippen LogP contribution >= 0.6 is 0 Å². The van der Waals surface area contributed by atoms with E-state index in [1.807, 2.05) is 0 Å². The Bertz CT molecular complexity index is 201. The van der Waals surface area contributed by atoms with Crippen LogP contribution in [0.5, 0.6) is 0 Å². The molecule has 3 atom stereocenters. The maximum atomic E-state index is 11.5. The largest absolute Gasteiger partial charge is 0.396 e. The monoisotopic (exact) mass is 185 g/mol. The number of amides is 1. The van der Waals surface area contributed by atoms with Gasteiger partial charge < -0.3 is 15.2 Å². The number of aliphatic hydroxyl groups is 1. The van der Waals surface area contributed by atoms with Crippen molar-refractivity contribution >= 4 is 5.91 Å². The van der Waals surface area contributed by atoms with Crippen molar-refractivity contribution in [2.24, 2.45) is 11.8 Å². The van der Waals surface area contributed by atoms with E-state index in [0.29, 0.717) is 19.1 Å². The molecule has 2 aliphatic rings. The fourth-order valence-electron chi connectivity index (χ4n) is 1.67. The lowest BCUT2D eigenvalue weighted by Gasteiger charge is -2.08. The van der Waals surface area contributed by atoms with Crippen LogP contribution in [0.1, 0.15) is 12.8 Å². The first-order valence-corrected chi connectivity index (χ1v) is 4.80. The molecule has 4 nitrogen and oxygen atoms in total. The summed E-state index contributed by atoms with van der Waals surface area (Å²) in [6.45, 7) is 1.45. The van der Waals surface area contributed by atoms with Gasteiger partial charge in [0.25, 0.3) is 0 Å². The second-order valence-electron chi connectivity index (χ2n) is 3.85. The molecule has 1 saturated heterocycles. The highest BCUT2D eigenvalue weighted by molar-refractivity contribution is 5.79. The lowest BCUT2D eigenvalue weighted by molar-refractivity contribution is -0.125. The Hall–Kier alpha value is -0.610. The van der Waals surface area contributed by atoms with E-state index < -0.39 is 0 Å². The van der Waals surface area contributed by atoms with Crippen LogP contribution in [0.2, 0.25) is 0 Å². The molecule has 0 aromatic carbocycles. The number of hydrogen-bond acceptors (Lipinski definition) is 3. The number of aliphatic hydroxyl groups excluding tert-OH is 1. The Morgan fingerprint density at radius 3 is 3.00 bits per heavy atom. The number of ether oxygens (including phenoxy) is 1. The SMILES string of the molecule is O=C(N[C@@H]1C[C@H]1CO)C1CCOC1. The fourth-order valence-corrected chi connectivity index (χ4v) is 1.67. The zero-order valence-electron chi connectivity index (χ0n) is 7.53. The summed E-state index contributed by atoms with van der Waals surface area (Å²) in [5.41, 5.74) is 0. The van der Waals surface area contributed by atoms with Crippen molar-refractivity contribution in [1.82, 2.24) is 5.32 Å². The van der Waals surface area contributed by atoms with E-state index in [1.165, 1.54) is 0 Å². The van der Waals surface area contributed by atoms with E-state index in [1.54, 1.807) is 0 Å². The highest BCUT2D eigenvalue weighted by Gasteiger charge is 2.39. The molecule has 0 aromatic rings. The summed E-state index contributed by atoms with van der Waals surface area (Å²) < 4.78 is 5.12. The molecule has 1 unspecified atom stereocenters. The molecule has 0 aromatic heterocycles. The summed E-state index contributed by atoms with van der Waals surface area (Å²) in [6, 6.07) is 0.220. The minimum absolute atomic E-state index is 0.0416. The van der Waals surface area contributed by atoms with Crippen LogP contribution in [0.4, 0.5) is 0 Å². The fraction of sp³-hybridized carbons (Fsp3) is 0.889. The minimum atomic E-state index is 0.0416. The highest BCUT2D eigenvalue weighted by atomic mass is 16.5. The predicted molar refractivity (Wildman–Crippen MR) is 46.0 cm³/mol. The van der Waals surface area contributed by atoms with E-state index >= 15 is 0 Å². The first-order valence-electron chi connectivity index (χ1n) is 4.80. The van der Waals surface area contributed by atoms with Gasteiger partial charge in [0.2, 0.25) is 5.91 Å². The summed E-state index contributed by atoms with van der Waals surface area (Å²) in [5, 5.41) is 11.7. The van der Waals surface area contributed by atoms with Gasteiger partial charge >= 0.3 is 0 Å². The third-order valence-corrected chi connectivity index (χ3v) is 2.79. The van der Waals surface area contributed by atoms with Crippen molar-refractivity contribution in [3.05, 3.63) is 0 Å². The van der Waals surface area contributed by atoms with Crippen molar-refractivity contribution < 1.29 is 14.6 Å². The molecular weight excluding hydrogens is 170 g/mol. The van der Waals surface area contributed by atoms with Gasteiger partial charge in [-0.25, -0.2) is 0 Å². The van der Waals surface area contributed by atoms with Crippen LogP contribution in [0.15, 0.2) is 0 Å². The van der Waals surface area contributed by atoms with Crippen LogP contribution < -0.4 is 5.32 Å². The van der Waals surface area contributed by atoms with Crippen LogP contribution in [-0.2, 0) is 9.53 Å². The normalized spacial score (nSPS) is 37.5. The van der Waals surface area contributed by atoms with E-state index in [0.717, 1.165) is 12.8 Å². The number of rotatable bonds is 3. The third-order valence-electron chi connectivity index (χ3n) is 2.79. The van der Waals surface area contributed by atoms with Gasteiger partial charge in [-0.15, -0.1) is 0 Å². The Balaban J connectivity index is 1.72. The molecule has 1 amide bonds. The van der Waals surface area contributed by atoms with Gasteiger partial charge in [-0.05, 0) is 12.8 Å². The molecule has 1 aliphatic heterocycles. The summed E-state index contributed by atoms with van der Waals surface area (Å²) in [4.78, 5) is 11.5. The minimum Gasteiger partial charge on any atom is -0.396 e. The predicted octanol–water partition coefficient (Wildman–Crippen LogP) is -0.480. The summed E-state index contributed by atoms with van der Waals surface area (Å²) >= 11 is 0. The van der Waals surface area contributed by atoms with Gasteiger partial charge in [0.1, 0.15) is 0 Å². The molecule has 13 heavy (non-hydrogen) atoms. The Kier molecular flexibility index (Phi) is 2.51. The first-order chi connectivity index (χ1) is 6.31. The Morgan fingerprint density at radius 1 is 1.62 bits per heavy atom. The highest BCUT2D eigenvalue weighted by Crippen LogP contribution is 2.29. The van der Waals surface area contributed by atoms with Crippen molar-refractivity contribution in [3.63, 3.8) is 0 Å². The van der Waals surface area contributed by atoms with Crippen molar-refractivity contribution in [2.45, 2.75) is 18.9 Å². The van der Waals surface area contributed by atoms with Crippen LogP contribution in [0.3, 0.4) is 0 Å². The maximum Gasteiger partial charge on any atom is 0.225 e. The summed E-state index contributed by atoms with van der Waals surface area (Å²) in [7, 11) is 0. The molecule has 0 radical (unpaired) electrons. The van der Waals surface area contributed by atoms with E-state index in [4.69, 9.17) is 9.84 Å². The molecule has 1 aliphatic carbocycles. The molecule has 2 N–H and O–H groups in total. The standard InChI is InChI=1S/C9H15NO3/c11-4-7-3-8(7)10-9(12)6-1-2-13-5-6/h6-8,11H,1-5H2,(H,10,12)/t6?,7-,8+/m0/s1. The van der Waals surface area contributed by atoms with Gasteiger partial charge in [-0.1, -0.05) is 0 Å². The van der Waals surface area contributed by atoms with Crippen LogP contribution in [0, 0.1) is 11.8 Å². The molecular formula is C9H15NO3. The quantitative estimate of drug-likeness (QED) is 0.624. The van der Waals surface area contributed by atoms with Gasteiger partial charge in [0, 0.05) is 25.2 Å². The van der Waals surface area contributed by atoms with Gasteiger partial charge in [0.05, 0.1) is 12.5 Å². The van der Waals surface area contributed by atoms with Gasteiger partial charge in [-0.2, -0.15) is 0 Å². The zero-order valence-corrected chi connectivity index (χ0v) is 7.53. The average molecular weight is 185 g/mol. The Labute approximate surface area is 77.3 Å². The van der Waals surface area contributed by atoms with Crippen molar-refractivity contribution in [3.8, 4) is 0 Å². The topological polar surface area (TPSA) is 58.6 Å². The number of nitrogens with one attached hydrogen (secondary N) is 1. The number of hydrogen-bond donors (Lipinski definition) is 2. The summed E-state index contributed by atoms with van der Waals surface area (Å²) in [5.74, 6) is 0.435. The lowest BCUT2D eigenvalue weighted by Crippen LogP contribution is -2.33. The van der Waals surface area contributed by atoms with E-state index in [-0.39, 0.29) is 24.5 Å². The van der Waals surface area contributed by atoms with Crippen LogP contribution in [0.25, 0.3) is 0 Å². The zero-order chi connectivity index (χ0) is 9.26. The van der Waals surface area contributed by atoms with Crippen molar-refractivity contribution in [2.75, 3.05) is 19.8 Å². The van der Waals surface area contributed by atoms with E-state index in [9.17, 15) is 4.79 Å². The number of carbonyl (C=O) groups is 1. The van der Waals surface area contributed by atoms with E-state index in [2.05, 4.69) is 5.32 Å². The molecule has 4 heteroatoms. The molecule has 2 rings (SSSR count). The molecule has 1 heterocycles. The third kappa shape index (κ3) is 2.00. The lowest BCUT2D eigenvalue weighted by atomic mass is 10.1. The molecule has 0 bridgehead atoms. The van der Waals surface area contributed by atoms with Crippen molar-refractivity contribution in [1.29, 1.82) is 0 Å². The van der Waals surface area contributed by atoms with Crippen LogP contribution in [-0.4, -0.2) is 36.9 Å². The smallest absolute Gasteiger partial charge is 0.225 e. The summed E-state index contributed by atoms with van der Waals surface area (Å²) in [6.07, 6.45) is 1.76. The first kappa shape index (κ1) is 8.97.